The molecule has 1 amide bonds. The number of hydrogen-bond donors (Lipinski definition) is 1. The number of amides is 1. The molecule has 0 radical (unpaired) electrons. The molecular formula is C18H26ClN3O2. The standard InChI is InChI=1S/C18H25N3O2.ClH/c1-13-11-19-8-9-21(13)12-18(22)20(3)14(2)17-10-15-6-4-5-7-16(15)23-17;/h4-7,10,13-14,19H,8-9,11-12H2,1-3H3;1H/t13-,14?;/m0./s1. The van der Waals surface area contributed by atoms with Crippen LogP contribution in [-0.4, -0.2) is 55.0 Å². The van der Waals surface area contributed by atoms with E-state index in [1.807, 2.05) is 44.3 Å². The maximum atomic E-state index is 12.6. The van der Waals surface area contributed by atoms with Gasteiger partial charge in [-0.15, -0.1) is 12.4 Å². The number of hydrogen-bond acceptors (Lipinski definition) is 4. The highest BCUT2D eigenvalue weighted by Gasteiger charge is 2.25. The molecule has 132 valence electrons. The van der Waals surface area contributed by atoms with Crippen molar-refractivity contribution in [2.75, 3.05) is 33.2 Å². The number of furan rings is 1. The molecule has 1 fully saturated rings. The van der Waals surface area contributed by atoms with Crippen LogP contribution in [0.15, 0.2) is 34.7 Å². The monoisotopic (exact) mass is 351 g/mol. The summed E-state index contributed by atoms with van der Waals surface area (Å²) in [6.07, 6.45) is 0. The average molecular weight is 352 g/mol. The lowest BCUT2D eigenvalue weighted by molar-refractivity contribution is -0.134. The van der Waals surface area contributed by atoms with Crippen molar-refractivity contribution in [1.29, 1.82) is 0 Å². The summed E-state index contributed by atoms with van der Waals surface area (Å²) in [6, 6.07) is 10.3. The number of benzene rings is 1. The van der Waals surface area contributed by atoms with Gasteiger partial charge in [0.2, 0.25) is 5.91 Å². The molecule has 0 aliphatic carbocycles. The van der Waals surface area contributed by atoms with Gasteiger partial charge in [0.15, 0.2) is 0 Å². The summed E-state index contributed by atoms with van der Waals surface area (Å²) < 4.78 is 5.89. The molecule has 0 saturated carbocycles. The van der Waals surface area contributed by atoms with Gasteiger partial charge >= 0.3 is 0 Å². The lowest BCUT2D eigenvalue weighted by atomic mass is 10.2. The van der Waals surface area contributed by atoms with Crippen LogP contribution in [0.2, 0.25) is 0 Å². The van der Waals surface area contributed by atoms with E-state index in [9.17, 15) is 4.79 Å². The minimum Gasteiger partial charge on any atom is -0.459 e. The molecule has 6 heteroatoms. The highest BCUT2D eigenvalue weighted by molar-refractivity contribution is 5.85. The van der Waals surface area contributed by atoms with Gasteiger partial charge in [-0.1, -0.05) is 18.2 Å². The van der Waals surface area contributed by atoms with Crippen LogP contribution in [0, 0.1) is 0 Å². The van der Waals surface area contributed by atoms with E-state index >= 15 is 0 Å². The molecule has 0 bridgehead atoms. The molecule has 1 aromatic heterocycles. The van der Waals surface area contributed by atoms with Gasteiger partial charge in [-0.05, 0) is 26.0 Å². The van der Waals surface area contributed by atoms with E-state index in [1.54, 1.807) is 4.90 Å². The van der Waals surface area contributed by atoms with Gasteiger partial charge in [0, 0.05) is 38.1 Å². The third-order valence-corrected chi connectivity index (χ3v) is 4.81. The van der Waals surface area contributed by atoms with Crippen LogP contribution in [-0.2, 0) is 4.79 Å². The third-order valence-electron chi connectivity index (χ3n) is 4.81. The Morgan fingerprint density at radius 1 is 1.46 bits per heavy atom. The van der Waals surface area contributed by atoms with Crippen LogP contribution in [0.4, 0.5) is 0 Å². The normalized spacial score (nSPS) is 19.7. The SMILES string of the molecule is CC(c1cc2ccccc2o1)N(C)C(=O)CN1CCNC[C@@H]1C.Cl. The summed E-state index contributed by atoms with van der Waals surface area (Å²) in [5.74, 6) is 0.960. The number of carbonyl (C=O) groups excluding carboxylic acids is 1. The largest absolute Gasteiger partial charge is 0.459 e. The minimum atomic E-state index is -0.0758. The Labute approximate surface area is 149 Å². The van der Waals surface area contributed by atoms with Crippen LogP contribution in [0.5, 0.6) is 0 Å². The van der Waals surface area contributed by atoms with Crippen molar-refractivity contribution in [3.63, 3.8) is 0 Å². The molecule has 1 unspecified atom stereocenters. The van der Waals surface area contributed by atoms with Gasteiger partial charge in [-0.25, -0.2) is 0 Å². The second-order valence-corrected chi connectivity index (χ2v) is 6.39. The molecule has 2 heterocycles. The van der Waals surface area contributed by atoms with Gasteiger partial charge < -0.3 is 14.6 Å². The maximum absolute atomic E-state index is 12.6. The van der Waals surface area contributed by atoms with Crippen molar-refractivity contribution in [2.24, 2.45) is 0 Å². The molecule has 24 heavy (non-hydrogen) atoms. The lowest BCUT2D eigenvalue weighted by Crippen LogP contribution is -2.53. The average Bonchev–Trinajstić information content (AvgIpc) is 2.99. The Bertz CT molecular complexity index is 655. The zero-order valence-corrected chi connectivity index (χ0v) is 15.3. The van der Waals surface area contributed by atoms with Crippen molar-refractivity contribution < 1.29 is 9.21 Å². The number of carbonyl (C=O) groups is 1. The molecule has 1 aliphatic heterocycles. The number of piperazine rings is 1. The fraction of sp³-hybridized carbons (Fsp3) is 0.500. The fourth-order valence-electron chi connectivity index (χ4n) is 3.02. The van der Waals surface area contributed by atoms with E-state index in [1.165, 1.54) is 0 Å². The predicted molar refractivity (Wildman–Crippen MR) is 98.6 cm³/mol. The molecule has 1 saturated heterocycles. The first-order chi connectivity index (χ1) is 11.1. The van der Waals surface area contributed by atoms with Crippen molar-refractivity contribution in [1.82, 2.24) is 15.1 Å². The highest BCUT2D eigenvalue weighted by Crippen LogP contribution is 2.26. The molecular weight excluding hydrogens is 326 g/mol. The van der Waals surface area contributed by atoms with E-state index in [2.05, 4.69) is 17.1 Å². The van der Waals surface area contributed by atoms with Crippen molar-refractivity contribution >= 4 is 29.3 Å². The predicted octanol–water partition coefficient (Wildman–Crippen LogP) is 2.67. The van der Waals surface area contributed by atoms with Gasteiger partial charge in [0.05, 0.1) is 12.6 Å². The molecule has 1 aromatic carbocycles. The molecule has 1 aliphatic rings. The molecule has 1 N–H and O–H groups in total. The summed E-state index contributed by atoms with van der Waals surface area (Å²) >= 11 is 0. The summed E-state index contributed by atoms with van der Waals surface area (Å²) in [6.45, 7) is 7.43. The minimum absolute atomic E-state index is 0. The van der Waals surface area contributed by atoms with E-state index in [0.717, 1.165) is 36.4 Å². The summed E-state index contributed by atoms with van der Waals surface area (Å²) in [5.41, 5.74) is 0.867. The first-order valence-electron chi connectivity index (χ1n) is 8.25. The summed E-state index contributed by atoms with van der Waals surface area (Å²) in [5, 5.41) is 4.42. The zero-order chi connectivity index (χ0) is 16.4. The number of para-hydroxylation sites is 1. The molecule has 3 rings (SSSR count). The first-order valence-corrected chi connectivity index (χ1v) is 8.25. The van der Waals surface area contributed by atoms with Crippen molar-refractivity contribution in [2.45, 2.75) is 25.9 Å². The van der Waals surface area contributed by atoms with Crippen molar-refractivity contribution in [3.8, 4) is 0 Å². The molecule has 5 nitrogen and oxygen atoms in total. The van der Waals surface area contributed by atoms with E-state index in [-0.39, 0.29) is 24.4 Å². The van der Waals surface area contributed by atoms with E-state index < -0.39 is 0 Å². The van der Waals surface area contributed by atoms with Crippen LogP contribution in [0.3, 0.4) is 0 Å². The lowest BCUT2D eigenvalue weighted by Gasteiger charge is -2.35. The Morgan fingerprint density at radius 2 is 2.21 bits per heavy atom. The number of halogens is 1. The number of nitrogens with zero attached hydrogens (tertiary/aromatic N) is 2. The third kappa shape index (κ3) is 3.91. The summed E-state index contributed by atoms with van der Waals surface area (Å²) in [7, 11) is 1.85. The number of likely N-dealkylation sites (N-methyl/N-ethyl adjacent to an activating group) is 1. The highest BCUT2D eigenvalue weighted by atomic mass is 35.5. The van der Waals surface area contributed by atoms with Gasteiger partial charge in [0.25, 0.3) is 0 Å². The number of rotatable bonds is 4. The Kier molecular flexibility index (Phi) is 6.27. The van der Waals surface area contributed by atoms with E-state index in [0.29, 0.717) is 12.6 Å². The molecule has 0 spiro atoms. The molecule has 2 aromatic rings. The topological polar surface area (TPSA) is 48.7 Å². The fourth-order valence-corrected chi connectivity index (χ4v) is 3.02. The van der Waals surface area contributed by atoms with Gasteiger partial charge in [0.1, 0.15) is 11.3 Å². The van der Waals surface area contributed by atoms with Crippen LogP contribution in [0.1, 0.15) is 25.6 Å². The van der Waals surface area contributed by atoms with Crippen LogP contribution < -0.4 is 5.32 Å². The Balaban J connectivity index is 0.00000208. The van der Waals surface area contributed by atoms with Crippen LogP contribution >= 0.6 is 12.4 Å². The first kappa shape index (κ1) is 18.8. The van der Waals surface area contributed by atoms with E-state index in [4.69, 9.17) is 4.42 Å². The van der Waals surface area contributed by atoms with Gasteiger partial charge in [-0.3, -0.25) is 9.69 Å². The zero-order valence-electron chi connectivity index (χ0n) is 14.5. The Morgan fingerprint density at radius 3 is 2.92 bits per heavy atom. The quantitative estimate of drug-likeness (QED) is 0.920. The smallest absolute Gasteiger partial charge is 0.237 e. The van der Waals surface area contributed by atoms with Crippen LogP contribution in [0.25, 0.3) is 11.0 Å². The number of fused-ring (bicyclic) bond motifs is 1. The van der Waals surface area contributed by atoms with Crippen molar-refractivity contribution in [3.05, 3.63) is 36.1 Å². The Hall–Kier alpha value is -1.56. The molecule has 2 atom stereocenters. The maximum Gasteiger partial charge on any atom is 0.237 e. The number of nitrogens with one attached hydrogen (secondary N) is 1. The second kappa shape index (κ2) is 8.01. The second-order valence-electron chi connectivity index (χ2n) is 6.39. The van der Waals surface area contributed by atoms with Gasteiger partial charge in [-0.2, -0.15) is 0 Å². The summed E-state index contributed by atoms with van der Waals surface area (Å²) in [4.78, 5) is 16.6.